The van der Waals surface area contributed by atoms with E-state index in [1.807, 2.05) is 0 Å². The fourth-order valence-corrected chi connectivity index (χ4v) is 1.67. The van der Waals surface area contributed by atoms with Crippen molar-refractivity contribution < 1.29 is 29.0 Å². The number of carbonyl (C=O) groups excluding carboxylic acids is 2. The maximum absolute atomic E-state index is 12.5. The first-order valence-electron chi connectivity index (χ1n) is 7.92. The number of carboxylic acids is 1. The number of anilines is 1. The van der Waals surface area contributed by atoms with Gasteiger partial charge in [-0.05, 0) is 65.3 Å². The van der Waals surface area contributed by atoms with E-state index in [0.29, 0.717) is 10.5 Å². The molecule has 1 aromatic heterocycles. The summed E-state index contributed by atoms with van der Waals surface area (Å²) >= 11 is 0. The number of amides is 2. The van der Waals surface area contributed by atoms with Crippen LogP contribution >= 0.6 is 0 Å². The SMILES string of the molecule is CC(C)(C)OC(=O)N(C(=O)OC(C)(C)C)c1ccc(/C=C/C(=O)O)cn1. The topological polar surface area (TPSA) is 106 Å². The van der Waals surface area contributed by atoms with Crippen molar-refractivity contribution in [3.8, 4) is 0 Å². The highest BCUT2D eigenvalue weighted by molar-refractivity contribution is 6.08. The van der Waals surface area contributed by atoms with Gasteiger partial charge in [0.1, 0.15) is 17.0 Å². The first-order chi connectivity index (χ1) is 11.8. The van der Waals surface area contributed by atoms with Crippen LogP contribution < -0.4 is 4.90 Å². The molecular weight excluding hydrogens is 340 g/mol. The highest BCUT2D eigenvalue weighted by Gasteiger charge is 2.33. The van der Waals surface area contributed by atoms with E-state index in [1.54, 1.807) is 41.5 Å². The van der Waals surface area contributed by atoms with Gasteiger partial charge in [0, 0.05) is 12.3 Å². The smallest absolute Gasteiger partial charge is 0.425 e. The van der Waals surface area contributed by atoms with Crippen molar-refractivity contribution in [2.24, 2.45) is 0 Å². The highest BCUT2D eigenvalue weighted by atomic mass is 16.6. The normalized spacial score (nSPS) is 11.9. The predicted octanol–water partition coefficient (Wildman–Crippen LogP) is 3.86. The minimum absolute atomic E-state index is 0.000903. The number of carboxylic acid groups (broad SMARTS) is 1. The minimum Gasteiger partial charge on any atom is -0.478 e. The summed E-state index contributed by atoms with van der Waals surface area (Å²) in [4.78, 5) is 40.2. The van der Waals surface area contributed by atoms with E-state index in [9.17, 15) is 14.4 Å². The number of aromatic nitrogens is 1. The lowest BCUT2D eigenvalue weighted by molar-refractivity contribution is -0.131. The Kier molecular flexibility index (Phi) is 6.49. The molecule has 8 nitrogen and oxygen atoms in total. The lowest BCUT2D eigenvalue weighted by atomic mass is 10.2. The van der Waals surface area contributed by atoms with Gasteiger partial charge in [0.15, 0.2) is 0 Å². The van der Waals surface area contributed by atoms with Crippen molar-refractivity contribution in [3.05, 3.63) is 30.0 Å². The average Bonchev–Trinajstić information content (AvgIpc) is 2.42. The van der Waals surface area contributed by atoms with E-state index in [2.05, 4.69) is 4.98 Å². The molecule has 2 amide bonds. The highest BCUT2D eigenvalue weighted by Crippen LogP contribution is 2.20. The Labute approximate surface area is 152 Å². The molecule has 26 heavy (non-hydrogen) atoms. The molecule has 0 radical (unpaired) electrons. The van der Waals surface area contributed by atoms with Crippen LogP contribution in [0, 0.1) is 0 Å². The summed E-state index contributed by atoms with van der Waals surface area (Å²) in [5.41, 5.74) is -1.15. The van der Waals surface area contributed by atoms with Gasteiger partial charge in [0.2, 0.25) is 0 Å². The van der Waals surface area contributed by atoms with E-state index in [0.717, 1.165) is 6.08 Å². The maximum Gasteiger partial charge on any atom is 0.425 e. The molecule has 0 aromatic carbocycles. The van der Waals surface area contributed by atoms with Gasteiger partial charge < -0.3 is 14.6 Å². The zero-order valence-electron chi connectivity index (χ0n) is 15.8. The monoisotopic (exact) mass is 364 g/mol. The lowest BCUT2D eigenvalue weighted by Gasteiger charge is -2.28. The molecule has 0 fully saturated rings. The van der Waals surface area contributed by atoms with Crippen molar-refractivity contribution in [2.45, 2.75) is 52.7 Å². The van der Waals surface area contributed by atoms with Gasteiger partial charge in [-0.1, -0.05) is 0 Å². The van der Waals surface area contributed by atoms with Gasteiger partial charge in [-0.3, -0.25) is 0 Å². The van der Waals surface area contributed by atoms with Crippen LogP contribution in [0.1, 0.15) is 47.1 Å². The van der Waals surface area contributed by atoms with Gasteiger partial charge in [-0.2, -0.15) is 4.90 Å². The van der Waals surface area contributed by atoms with Crippen LogP contribution in [0.25, 0.3) is 6.08 Å². The Balaban J connectivity index is 3.17. The van der Waals surface area contributed by atoms with Crippen molar-refractivity contribution in [3.63, 3.8) is 0 Å². The average molecular weight is 364 g/mol. The number of ether oxygens (including phenoxy) is 2. The van der Waals surface area contributed by atoms with Gasteiger partial charge in [0.25, 0.3) is 0 Å². The molecule has 0 saturated heterocycles. The summed E-state index contributed by atoms with van der Waals surface area (Å²) in [5, 5.41) is 8.64. The summed E-state index contributed by atoms with van der Waals surface area (Å²) in [6.07, 6.45) is 1.78. The Morgan fingerprint density at radius 1 is 1.00 bits per heavy atom. The number of carbonyl (C=O) groups is 3. The molecule has 142 valence electrons. The summed E-state index contributed by atoms with van der Waals surface area (Å²) < 4.78 is 10.5. The number of hydrogen-bond acceptors (Lipinski definition) is 6. The Hall–Kier alpha value is -2.90. The molecule has 0 saturated carbocycles. The van der Waals surface area contributed by atoms with E-state index in [1.165, 1.54) is 24.4 Å². The fourth-order valence-electron chi connectivity index (χ4n) is 1.67. The van der Waals surface area contributed by atoms with Gasteiger partial charge >= 0.3 is 18.2 Å². The number of rotatable bonds is 3. The molecule has 1 heterocycles. The molecule has 0 bridgehead atoms. The third-order valence-electron chi connectivity index (χ3n) is 2.57. The first-order valence-corrected chi connectivity index (χ1v) is 7.92. The van der Waals surface area contributed by atoms with Gasteiger partial charge in [-0.15, -0.1) is 0 Å². The molecule has 0 spiro atoms. The van der Waals surface area contributed by atoms with Crippen molar-refractivity contribution in [1.82, 2.24) is 4.98 Å². The third kappa shape index (κ3) is 7.33. The number of imide groups is 1. The quantitative estimate of drug-likeness (QED) is 0.812. The summed E-state index contributed by atoms with van der Waals surface area (Å²) in [7, 11) is 0. The van der Waals surface area contributed by atoms with Crippen LogP contribution in [-0.2, 0) is 14.3 Å². The molecule has 1 aromatic rings. The summed E-state index contributed by atoms with van der Waals surface area (Å²) in [6, 6.07) is 2.92. The van der Waals surface area contributed by atoms with Crippen molar-refractivity contribution in [2.75, 3.05) is 4.90 Å². The molecular formula is C18H24N2O6. The first kappa shape index (κ1) is 21.1. The molecule has 0 atom stereocenters. The summed E-state index contributed by atoms with van der Waals surface area (Å²) in [6.45, 7) is 10.0. The maximum atomic E-state index is 12.5. The van der Waals surface area contributed by atoms with E-state index in [4.69, 9.17) is 14.6 Å². The largest absolute Gasteiger partial charge is 0.478 e. The zero-order chi connectivity index (χ0) is 20.1. The molecule has 0 aliphatic carbocycles. The van der Waals surface area contributed by atoms with Crippen LogP contribution in [0.4, 0.5) is 15.4 Å². The number of aliphatic carboxylic acids is 1. The van der Waals surface area contributed by atoms with Crippen molar-refractivity contribution >= 4 is 30.0 Å². The predicted molar refractivity (Wildman–Crippen MR) is 95.9 cm³/mol. The minimum atomic E-state index is -1.10. The molecule has 1 rings (SSSR count). The van der Waals surface area contributed by atoms with Crippen LogP contribution in [-0.4, -0.2) is 39.4 Å². The fraction of sp³-hybridized carbons (Fsp3) is 0.444. The Bertz CT molecular complexity index is 668. The molecule has 0 aliphatic heterocycles. The molecule has 1 N–H and O–H groups in total. The van der Waals surface area contributed by atoms with Crippen LogP contribution in [0.2, 0.25) is 0 Å². The van der Waals surface area contributed by atoms with Gasteiger partial charge in [-0.25, -0.2) is 19.4 Å². The number of nitrogens with zero attached hydrogens (tertiary/aromatic N) is 2. The Morgan fingerprint density at radius 3 is 1.85 bits per heavy atom. The Morgan fingerprint density at radius 2 is 1.50 bits per heavy atom. The van der Waals surface area contributed by atoms with E-state index in [-0.39, 0.29) is 5.82 Å². The second kappa shape index (κ2) is 7.99. The summed E-state index contributed by atoms with van der Waals surface area (Å²) in [5.74, 6) is -1.10. The van der Waals surface area contributed by atoms with E-state index < -0.39 is 29.4 Å². The van der Waals surface area contributed by atoms with Gasteiger partial charge in [0.05, 0.1) is 0 Å². The van der Waals surface area contributed by atoms with Crippen LogP contribution in [0.5, 0.6) is 0 Å². The number of hydrogen-bond donors (Lipinski definition) is 1. The van der Waals surface area contributed by atoms with Crippen LogP contribution in [0.15, 0.2) is 24.4 Å². The second-order valence-corrected chi connectivity index (χ2v) is 7.42. The molecule has 0 aliphatic rings. The number of pyridine rings is 1. The molecule has 0 unspecified atom stereocenters. The second-order valence-electron chi connectivity index (χ2n) is 7.42. The lowest BCUT2D eigenvalue weighted by Crippen LogP contribution is -2.44. The molecule has 8 heteroatoms. The standard InChI is InChI=1S/C18H24N2O6/c1-17(2,3)25-15(23)20(16(24)26-18(4,5)6)13-9-7-12(11-19-13)8-10-14(21)22/h7-11H,1-6H3,(H,21,22)/b10-8+. The van der Waals surface area contributed by atoms with Crippen LogP contribution in [0.3, 0.4) is 0 Å². The third-order valence-corrected chi connectivity index (χ3v) is 2.57. The zero-order valence-corrected chi connectivity index (χ0v) is 15.8. The van der Waals surface area contributed by atoms with Crippen molar-refractivity contribution in [1.29, 1.82) is 0 Å². The van der Waals surface area contributed by atoms with E-state index >= 15 is 0 Å².